The number of amides is 2. The molecule has 12 heteroatoms. The molecule has 2 fully saturated rings. The maximum Gasteiger partial charge on any atom is 0.252 e. The Kier molecular flexibility index (Phi) is 7.48. The van der Waals surface area contributed by atoms with Gasteiger partial charge in [0, 0.05) is 32.5 Å². The van der Waals surface area contributed by atoms with Gasteiger partial charge in [-0.15, -0.1) is 0 Å². The van der Waals surface area contributed by atoms with Crippen molar-refractivity contribution in [3.63, 3.8) is 0 Å². The summed E-state index contributed by atoms with van der Waals surface area (Å²) >= 11 is 0. The molecule has 2 amide bonds. The minimum absolute atomic E-state index is 0.0376. The Labute approximate surface area is 210 Å². The van der Waals surface area contributed by atoms with E-state index in [1.807, 2.05) is 4.90 Å². The van der Waals surface area contributed by atoms with E-state index in [2.05, 4.69) is 41.0 Å². The number of rotatable bonds is 6. The Balaban J connectivity index is 1.47. The van der Waals surface area contributed by atoms with Crippen molar-refractivity contribution in [3.8, 4) is 0 Å². The first kappa shape index (κ1) is 26.2. The number of imidazole rings is 1. The quantitative estimate of drug-likeness (QED) is 0.435. The Morgan fingerprint density at radius 2 is 1.89 bits per heavy atom. The number of aromatic nitrogens is 4. The van der Waals surface area contributed by atoms with Crippen LogP contribution in [-0.4, -0.2) is 84.4 Å². The predicted molar refractivity (Wildman–Crippen MR) is 131 cm³/mol. The van der Waals surface area contributed by atoms with Crippen molar-refractivity contribution in [1.29, 1.82) is 0 Å². The lowest BCUT2D eigenvalue weighted by atomic mass is 9.89. The first-order valence-electron chi connectivity index (χ1n) is 12.5. The van der Waals surface area contributed by atoms with E-state index in [-0.39, 0.29) is 17.1 Å². The summed E-state index contributed by atoms with van der Waals surface area (Å²) in [6.07, 6.45) is -0.798. The van der Waals surface area contributed by atoms with Crippen LogP contribution >= 0.6 is 0 Å². The van der Waals surface area contributed by atoms with Gasteiger partial charge in [-0.25, -0.2) is 15.0 Å². The molecule has 0 spiro atoms. The molecule has 36 heavy (non-hydrogen) atoms. The van der Waals surface area contributed by atoms with Crippen LogP contribution in [0.2, 0.25) is 0 Å². The molecular weight excluding hydrogens is 466 g/mol. The topological polar surface area (TPSA) is 169 Å². The Bertz CT molecular complexity index is 1110. The normalized spacial score (nSPS) is 25.4. The summed E-state index contributed by atoms with van der Waals surface area (Å²) in [6.45, 7) is 9.74. The number of aliphatic hydroxyl groups is 2. The van der Waals surface area contributed by atoms with Crippen molar-refractivity contribution in [2.45, 2.75) is 77.9 Å². The van der Waals surface area contributed by atoms with Crippen LogP contribution in [0.15, 0.2) is 6.33 Å². The van der Waals surface area contributed by atoms with Gasteiger partial charge in [-0.3, -0.25) is 14.2 Å². The van der Waals surface area contributed by atoms with Crippen molar-refractivity contribution < 1.29 is 24.5 Å². The minimum atomic E-state index is -1.40. The molecule has 2 aromatic rings. The van der Waals surface area contributed by atoms with Crippen LogP contribution in [0, 0.1) is 11.3 Å². The number of piperidine rings is 1. The number of nitrogens with two attached hydrogens (primary N) is 1. The fourth-order valence-electron chi connectivity index (χ4n) is 4.85. The van der Waals surface area contributed by atoms with Crippen molar-refractivity contribution in [1.82, 2.24) is 29.7 Å². The maximum atomic E-state index is 12.6. The summed E-state index contributed by atoms with van der Waals surface area (Å²) in [4.78, 5) is 40.1. The lowest BCUT2D eigenvalue weighted by Gasteiger charge is -2.33. The van der Waals surface area contributed by atoms with E-state index in [9.17, 15) is 19.8 Å². The number of likely N-dealkylation sites (N-methyl/N-ethyl adjacent to an activating group) is 1. The average Bonchev–Trinajstić information content (AvgIpc) is 3.34. The van der Waals surface area contributed by atoms with Gasteiger partial charge in [0.05, 0.1) is 6.33 Å². The number of nitrogen functional groups attached to an aromatic ring is 1. The second-order valence-corrected chi connectivity index (χ2v) is 10.9. The van der Waals surface area contributed by atoms with Crippen molar-refractivity contribution >= 4 is 28.8 Å². The van der Waals surface area contributed by atoms with E-state index in [1.54, 1.807) is 6.92 Å². The molecular formula is C24H37N7O5. The summed E-state index contributed by atoms with van der Waals surface area (Å²) in [7, 11) is 0. The van der Waals surface area contributed by atoms with Gasteiger partial charge >= 0.3 is 0 Å². The van der Waals surface area contributed by atoms with Crippen LogP contribution in [0.1, 0.15) is 59.0 Å². The van der Waals surface area contributed by atoms with E-state index >= 15 is 0 Å². The zero-order valence-corrected chi connectivity index (χ0v) is 21.3. The lowest BCUT2D eigenvalue weighted by Crippen LogP contribution is -2.42. The summed E-state index contributed by atoms with van der Waals surface area (Å²) in [6, 6.07) is 0. The third-order valence-corrected chi connectivity index (χ3v) is 6.74. The monoisotopic (exact) mass is 503 g/mol. The Morgan fingerprint density at radius 1 is 1.19 bits per heavy atom. The molecule has 4 atom stereocenters. The second-order valence-electron chi connectivity index (χ2n) is 10.9. The number of carbonyl (C=O) groups excluding carboxylic acids is 2. The molecule has 2 aromatic heterocycles. The molecule has 0 aliphatic carbocycles. The fraction of sp³-hybridized carbons (Fsp3) is 0.708. The van der Waals surface area contributed by atoms with Crippen molar-refractivity contribution in [2.24, 2.45) is 11.3 Å². The van der Waals surface area contributed by atoms with E-state index in [4.69, 9.17) is 10.5 Å². The molecule has 12 nitrogen and oxygen atoms in total. The standard InChI is InChI=1S/C24H37N7O5/c1-5-26-22(35)19-17(33)18(34)23(36-19)31-12-27-16-20(25)28-14(29-21(16)31)10-13-6-8-30(9-7-13)15(32)11-24(2,3)4/h12-13,17-19,23,33-34H,5-11H2,1-4H3,(H,26,35)(H2,25,28,29)/t17?,18?,19-,23+/m0/s1. The zero-order chi connectivity index (χ0) is 26.2. The van der Waals surface area contributed by atoms with E-state index in [0.29, 0.717) is 55.4 Å². The number of nitrogens with one attached hydrogen (secondary N) is 1. The number of carbonyl (C=O) groups is 2. The molecule has 2 aliphatic heterocycles. The summed E-state index contributed by atoms with van der Waals surface area (Å²) in [5.41, 5.74) is 6.86. The van der Waals surface area contributed by atoms with Gasteiger partial charge in [0.1, 0.15) is 23.5 Å². The molecule has 4 rings (SSSR count). The van der Waals surface area contributed by atoms with Crippen molar-refractivity contribution in [2.75, 3.05) is 25.4 Å². The summed E-state index contributed by atoms with van der Waals surface area (Å²) in [5, 5.41) is 23.6. The van der Waals surface area contributed by atoms with Crippen LogP contribution in [-0.2, 0) is 20.7 Å². The molecule has 2 aliphatic rings. The summed E-state index contributed by atoms with van der Waals surface area (Å²) in [5.74, 6) is 0.733. The van der Waals surface area contributed by atoms with Gasteiger partial charge < -0.3 is 30.9 Å². The molecule has 2 unspecified atom stereocenters. The van der Waals surface area contributed by atoms with Gasteiger partial charge in [0.25, 0.3) is 5.91 Å². The number of fused-ring (bicyclic) bond motifs is 1. The number of nitrogens with zero attached hydrogens (tertiary/aromatic N) is 5. The average molecular weight is 504 g/mol. The third kappa shape index (κ3) is 5.45. The van der Waals surface area contributed by atoms with Crippen molar-refractivity contribution in [3.05, 3.63) is 12.2 Å². The summed E-state index contributed by atoms with van der Waals surface area (Å²) < 4.78 is 7.21. The SMILES string of the molecule is CCNC(=O)[C@H]1O[C@@H](n2cnc3c(N)nc(CC4CCN(C(=O)CC(C)(C)C)CC4)nc32)C(O)C1O. The van der Waals surface area contributed by atoms with Crippen LogP contribution in [0.3, 0.4) is 0 Å². The van der Waals surface area contributed by atoms with Gasteiger partial charge in [0.15, 0.2) is 23.8 Å². The zero-order valence-electron chi connectivity index (χ0n) is 21.3. The highest BCUT2D eigenvalue weighted by Crippen LogP contribution is 2.33. The maximum absolute atomic E-state index is 12.6. The van der Waals surface area contributed by atoms with Gasteiger partial charge in [-0.2, -0.15) is 0 Å². The highest BCUT2D eigenvalue weighted by Gasteiger charge is 2.47. The van der Waals surface area contributed by atoms with Gasteiger partial charge in [-0.1, -0.05) is 20.8 Å². The molecule has 0 bridgehead atoms. The number of hydrogen-bond acceptors (Lipinski definition) is 9. The van der Waals surface area contributed by atoms with Crippen LogP contribution in [0.25, 0.3) is 11.2 Å². The number of anilines is 1. The van der Waals surface area contributed by atoms with Crippen LogP contribution < -0.4 is 11.1 Å². The number of ether oxygens (including phenoxy) is 1. The molecule has 4 heterocycles. The van der Waals surface area contributed by atoms with E-state index in [1.165, 1.54) is 10.9 Å². The molecule has 0 aromatic carbocycles. The Morgan fingerprint density at radius 3 is 2.53 bits per heavy atom. The lowest BCUT2D eigenvalue weighted by molar-refractivity contribution is -0.137. The first-order valence-corrected chi connectivity index (χ1v) is 12.5. The highest BCUT2D eigenvalue weighted by atomic mass is 16.6. The Hall–Kier alpha value is -2.83. The number of likely N-dealkylation sites (tertiary alicyclic amines) is 1. The van der Waals surface area contributed by atoms with Crippen LogP contribution in [0.5, 0.6) is 0 Å². The third-order valence-electron chi connectivity index (χ3n) is 6.74. The highest BCUT2D eigenvalue weighted by molar-refractivity contribution is 5.83. The number of hydrogen-bond donors (Lipinski definition) is 4. The predicted octanol–water partition coefficient (Wildman–Crippen LogP) is 0.381. The largest absolute Gasteiger partial charge is 0.387 e. The molecule has 0 radical (unpaired) electrons. The van der Waals surface area contributed by atoms with E-state index in [0.717, 1.165) is 12.8 Å². The molecule has 5 N–H and O–H groups in total. The fourth-order valence-corrected chi connectivity index (χ4v) is 4.85. The van der Waals surface area contributed by atoms with Gasteiger partial charge in [0.2, 0.25) is 5.91 Å². The van der Waals surface area contributed by atoms with Gasteiger partial charge in [-0.05, 0) is 31.1 Å². The molecule has 0 saturated carbocycles. The molecule has 2 saturated heterocycles. The first-order chi connectivity index (χ1) is 17.0. The van der Waals surface area contributed by atoms with E-state index < -0.39 is 30.4 Å². The molecule has 198 valence electrons. The van der Waals surface area contributed by atoms with Crippen LogP contribution in [0.4, 0.5) is 5.82 Å². The second kappa shape index (κ2) is 10.3. The smallest absolute Gasteiger partial charge is 0.252 e. The minimum Gasteiger partial charge on any atom is -0.387 e. The number of aliphatic hydroxyl groups excluding tert-OH is 2.